The summed E-state index contributed by atoms with van der Waals surface area (Å²) in [6.45, 7) is 4.47. The summed E-state index contributed by atoms with van der Waals surface area (Å²) in [4.78, 5) is 12.7. The average Bonchev–Trinajstić information content (AvgIpc) is 2.82. The van der Waals surface area contributed by atoms with Gasteiger partial charge in [-0.15, -0.1) is 0 Å². The number of carbonyl (C=O) groups is 1. The van der Waals surface area contributed by atoms with E-state index in [0.29, 0.717) is 6.61 Å². The topological polar surface area (TPSA) is 26.3 Å². The van der Waals surface area contributed by atoms with E-state index < -0.39 is 0 Å². The van der Waals surface area contributed by atoms with Crippen LogP contribution in [0.3, 0.4) is 0 Å². The molecule has 0 spiro atoms. The molecule has 1 heterocycles. The summed E-state index contributed by atoms with van der Waals surface area (Å²) in [5.41, 5.74) is 4.02. The van der Waals surface area contributed by atoms with Crippen LogP contribution in [0.25, 0.3) is 0 Å². The third-order valence-corrected chi connectivity index (χ3v) is 3.66. The lowest BCUT2D eigenvalue weighted by atomic mass is 9.90. The number of carbonyl (C=O) groups excluding carboxylic acids is 1. The molecule has 1 aliphatic heterocycles. The standard InChI is InChI=1S/C17H16O2/c1-11-7-8-13(12(2)9-11)17(18)15-10-19-16-6-4-3-5-14(15)16/h3-9,15H,10H2,1-2H3. The first kappa shape index (κ1) is 12.0. The number of aryl methyl sites for hydroxylation is 2. The van der Waals surface area contributed by atoms with Crippen molar-refractivity contribution in [1.82, 2.24) is 0 Å². The van der Waals surface area contributed by atoms with Crippen molar-refractivity contribution in [2.24, 2.45) is 0 Å². The van der Waals surface area contributed by atoms with E-state index >= 15 is 0 Å². The second-order valence-electron chi connectivity index (χ2n) is 5.08. The average molecular weight is 252 g/mol. The van der Waals surface area contributed by atoms with Crippen LogP contribution < -0.4 is 4.74 Å². The van der Waals surface area contributed by atoms with Crippen LogP contribution in [0.1, 0.15) is 33.0 Å². The molecule has 2 aromatic rings. The Bertz CT molecular complexity index is 643. The van der Waals surface area contributed by atoms with Crippen molar-refractivity contribution in [3.8, 4) is 5.75 Å². The van der Waals surface area contributed by atoms with E-state index in [4.69, 9.17) is 4.74 Å². The number of hydrogen-bond donors (Lipinski definition) is 0. The first-order valence-electron chi connectivity index (χ1n) is 6.50. The number of fused-ring (bicyclic) bond motifs is 1. The van der Waals surface area contributed by atoms with Crippen LogP contribution >= 0.6 is 0 Å². The Hall–Kier alpha value is -2.09. The predicted molar refractivity (Wildman–Crippen MR) is 74.9 cm³/mol. The Labute approximate surface area is 113 Å². The summed E-state index contributed by atoms with van der Waals surface area (Å²) in [6, 6.07) is 13.8. The van der Waals surface area contributed by atoms with Gasteiger partial charge in [0, 0.05) is 11.1 Å². The predicted octanol–water partition coefficient (Wildman–Crippen LogP) is 3.66. The molecule has 0 aliphatic carbocycles. The molecule has 0 aromatic heterocycles. The van der Waals surface area contributed by atoms with Gasteiger partial charge in [0.1, 0.15) is 12.4 Å². The van der Waals surface area contributed by atoms with Gasteiger partial charge in [-0.25, -0.2) is 0 Å². The number of para-hydroxylation sites is 1. The van der Waals surface area contributed by atoms with Gasteiger partial charge < -0.3 is 4.74 Å². The van der Waals surface area contributed by atoms with Gasteiger partial charge in [-0.3, -0.25) is 4.79 Å². The van der Waals surface area contributed by atoms with Gasteiger partial charge >= 0.3 is 0 Å². The fraction of sp³-hybridized carbons (Fsp3) is 0.235. The maximum atomic E-state index is 12.7. The summed E-state index contributed by atoms with van der Waals surface area (Å²) in [7, 11) is 0. The van der Waals surface area contributed by atoms with Gasteiger partial charge in [0.05, 0.1) is 5.92 Å². The third-order valence-electron chi connectivity index (χ3n) is 3.66. The van der Waals surface area contributed by atoms with Crippen LogP contribution in [0, 0.1) is 13.8 Å². The van der Waals surface area contributed by atoms with Crippen LogP contribution in [0.5, 0.6) is 5.75 Å². The number of ether oxygens (including phenoxy) is 1. The van der Waals surface area contributed by atoms with Crippen molar-refractivity contribution in [1.29, 1.82) is 0 Å². The number of Topliss-reactive ketones (excluding diaryl/α,β-unsaturated/α-hetero) is 1. The van der Waals surface area contributed by atoms with Crippen LogP contribution in [0.4, 0.5) is 0 Å². The second-order valence-corrected chi connectivity index (χ2v) is 5.08. The minimum atomic E-state index is -0.169. The van der Waals surface area contributed by atoms with Crippen molar-refractivity contribution in [2.45, 2.75) is 19.8 Å². The fourth-order valence-electron chi connectivity index (χ4n) is 2.66. The quantitative estimate of drug-likeness (QED) is 0.762. The molecule has 0 bridgehead atoms. The Balaban J connectivity index is 1.98. The lowest BCUT2D eigenvalue weighted by Crippen LogP contribution is -2.15. The molecule has 96 valence electrons. The second kappa shape index (κ2) is 4.54. The largest absolute Gasteiger partial charge is 0.492 e. The van der Waals surface area contributed by atoms with E-state index in [0.717, 1.165) is 22.4 Å². The molecule has 3 rings (SSSR count). The highest BCUT2D eigenvalue weighted by Crippen LogP contribution is 2.35. The van der Waals surface area contributed by atoms with E-state index in [9.17, 15) is 4.79 Å². The van der Waals surface area contributed by atoms with Crippen molar-refractivity contribution in [3.63, 3.8) is 0 Å². The smallest absolute Gasteiger partial charge is 0.174 e. The zero-order valence-electron chi connectivity index (χ0n) is 11.1. The molecule has 0 radical (unpaired) electrons. The van der Waals surface area contributed by atoms with Crippen LogP contribution in [-0.2, 0) is 0 Å². The van der Waals surface area contributed by atoms with Gasteiger partial charge in [-0.05, 0) is 25.5 Å². The molecule has 1 unspecified atom stereocenters. The molecule has 0 fully saturated rings. The highest BCUT2D eigenvalue weighted by atomic mass is 16.5. The molecule has 2 nitrogen and oxygen atoms in total. The minimum Gasteiger partial charge on any atom is -0.492 e. The molecule has 2 heteroatoms. The molecule has 1 atom stereocenters. The van der Waals surface area contributed by atoms with Crippen LogP contribution in [0.15, 0.2) is 42.5 Å². The Morgan fingerprint density at radius 3 is 2.74 bits per heavy atom. The van der Waals surface area contributed by atoms with Gasteiger partial charge in [0.2, 0.25) is 0 Å². The van der Waals surface area contributed by atoms with Gasteiger partial charge in [0.15, 0.2) is 5.78 Å². The molecule has 0 amide bonds. The number of benzene rings is 2. The van der Waals surface area contributed by atoms with Crippen molar-refractivity contribution in [2.75, 3.05) is 6.61 Å². The fourth-order valence-corrected chi connectivity index (χ4v) is 2.66. The normalized spacial score (nSPS) is 16.8. The number of rotatable bonds is 2. The zero-order valence-corrected chi connectivity index (χ0v) is 11.1. The molecule has 19 heavy (non-hydrogen) atoms. The monoisotopic (exact) mass is 252 g/mol. The SMILES string of the molecule is Cc1ccc(C(=O)C2COc3ccccc32)c(C)c1. The van der Waals surface area contributed by atoms with E-state index in [1.54, 1.807) is 0 Å². The molecule has 0 N–H and O–H groups in total. The Morgan fingerprint density at radius 2 is 1.95 bits per heavy atom. The van der Waals surface area contributed by atoms with Gasteiger partial charge in [-0.2, -0.15) is 0 Å². The Kier molecular flexibility index (Phi) is 2.86. The number of ketones is 1. The zero-order chi connectivity index (χ0) is 13.4. The van der Waals surface area contributed by atoms with Gasteiger partial charge in [-0.1, -0.05) is 42.0 Å². The molecule has 1 aliphatic rings. The van der Waals surface area contributed by atoms with Crippen LogP contribution in [-0.4, -0.2) is 12.4 Å². The molecular weight excluding hydrogens is 236 g/mol. The lowest BCUT2D eigenvalue weighted by Gasteiger charge is -2.11. The first-order valence-corrected chi connectivity index (χ1v) is 6.50. The third kappa shape index (κ3) is 2.03. The van der Waals surface area contributed by atoms with E-state index in [-0.39, 0.29) is 11.7 Å². The molecular formula is C17H16O2. The van der Waals surface area contributed by atoms with E-state index in [2.05, 4.69) is 6.07 Å². The maximum absolute atomic E-state index is 12.7. The molecule has 0 saturated heterocycles. The molecule has 2 aromatic carbocycles. The summed E-state index contributed by atoms with van der Waals surface area (Å²) in [5.74, 6) is 0.825. The van der Waals surface area contributed by atoms with Crippen molar-refractivity contribution < 1.29 is 9.53 Å². The highest BCUT2D eigenvalue weighted by molar-refractivity contribution is 6.03. The first-order chi connectivity index (χ1) is 9.16. The highest BCUT2D eigenvalue weighted by Gasteiger charge is 2.31. The number of hydrogen-bond acceptors (Lipinski definition) is 2. The summed E-state index contributed by atoms with van der Waals surface area (Å²) in [5, 5.41) is 0. The summed E-state index contributed by atoms with van der Waals surface area (Å²) < 4.78 is 5.60. The Morgan fingerprint density at radius 1 is 1.16 bits per heavy atom. The summed E-state index contributed by atoms with van der Waals surface area (Å²) >= 11 is 0. The van der Waals surface area contributed by atoms with Crippen molar-refractivity contribution >= 4 is 5.78 Å². The maximum Gasteiger partial charge on any atom is 0.174 e. The lowest BCUT2D eigenvalue weighted by molar-refractivity contribution is 0.0947. The van der Waals surface area contributed by atoms with Gasteiger partial charge in [0.25, 0.3) is 0 Å². The molecule has 0 saturated carbocycles. The van der Waals surface area contributed by atoms with Crippen molar-refractivity contribution in [3.05, 3.63) is 64.7 Å². The minimum absolute atomic E-state index is 0.155. The van der Waals surface area contributed by atoms with Crippen LogP contribution in [0.2, 0.25) is 0 Å². The summed E-state index contributed by atoms with van der Waals surface area (Å²) in [6.07, 6.45) is 0. The van der Waals surface area contributed by atoms with E-state index in [1.165, 1.54) is 5.56 Å². The van der Waals surface area contributed by atoms with E-state index in [1.807, 2.05) is 50.2 Å².